The number of carboxylic acid groups (broad SMARTS) is 2. The van der Waals surface area contributed by atoms with Crippen molar-refractivity contribution in [2.75, 3.05) is 11.9 Å². The molecule has 0 bridgehead atoms. The highest BCUT2D eigenvalue weighted by Crippen LogP contribution is 2.06. The lowest BCUT2D eigenvalue weighted by Crippen LogP contribution is -2.42. The van der Waals surface area contributed by atoms with Gasteiger partial charge in [0.25, 0.3) is 0 Å². The molecular formula is C12H14N2O5. The minimum absolute atomic E-state index is 0.350. The van der Waals surface area contributed by atoms with Crippen LogP contribution in [0.2, 0.25) is 0 Å². The van der Waals surface area contributed by atoms with Crippen LogP contribution in [0.3, 0.4) is 0 Å². The Bertz CT molecular complexity index is 460. The molecule has 0 aliphatic carbocycles. The third-order valence-corrected chi connectivity index (χ3v) is 2.24. The third kappa shape index (κ3) is 5.64. The van der Waals surface area contributed by atoms with Gasteiger partial charge in [-0.2, -0.15) is 0 Å². The van der Waals surface area contributed by atoms with Crippen LogP contribution in [0.1, 0.15) is 6.42 Å². The normalized spacial score (nSPS) is 11.6. The van der Waals surface area contributed by atoms with E-state index in [0.717, 1.165) is 0 Å². The van der Waals surface area contributed by atoms with E-state index in [0.29, 0.717) is 5.69 Å². The van der Waals surface area contributed by atoms with Crippen molar-refractivity contribution < 1.29 is 24.6 Å². The number of hydrogen-bond acceptors (Lipinski definition) is 4. The molecule has 1 aromatic rings. The number of anilines is 1. The maximum absolute atomic E-state index is 11.6. The lowest BCUT2D eigenvalue weighted by molar-refractivity contribution is -0.142. The second-order valence-electron chi connectivity index (χ2n) is 3.78. The highest BCUT2D eigenvalue weighted by atomic mass is 16.4. The topological polar surface area (TPSA) is 116 Å². The van der Waals surface area contributed by atoms with E-state index in [1.807, 2.05) is 0 Å². The molecule has 7 heteroatoms. The van der Waals surface area contributed by atoms with Crippen LogP contribution in [0.5, 0.6) is 0 Å². The fraction of sp³-hybridized carbons (Fsp3) is 0.250. The molecule has 1 amide bonds. The molecule has 0 saturated heterocycles. The number of hydrogen-bond donors (Lipinski definition) is 4. The number of carbonyl (C=O) groups excluding carboxylic acids is 1. The van der Waals surface area contributed by atoms with Crippen LogP contribution in [0.15, 0.2) is 30.3 Å². The predicted octanol–water partition coefficient (Wildman–Crippen LogP) is 0.143. The van der Waals surface area contributed by atoms with Crippen molar-refractivity contribution in [3.63, 3.8) is 0 Å². The van der Waals surface area contributed by atoms with Gasteiger partial charge < -0.3 is 15.5 Å². The van der Waals surface area contributed by atoms with E-state index in [1.54, 1.807) is 30.3 Å². The average Bonchev–Trinajstić information content (AvgIpc) is 2.35. The van der Waals surface area contributed by atoms with E-state index in [1.165, 1.54) is 0 Å². The maximum Gasteiger partial charge on any atom is 0.321 e. The van der Waals surface area contributed by atoms with Crippen molar-refractivity contribution in [2.24, 2.45) is 0 Å². The van der Waals surface area contributed by atoms with Crippen molar-refractivity contribution in [3.05, 3.63) is 30.3 Å². The molecule has 0 saturated carbocycles. The Balaban J connectivity index is 2.52. The number of carboxylic acids is 2. The van der Waals surface area contributed by atoms with E-state index < -0.39 is 30.4 Å². The fourth-order valence-corrected chi connectivity index (χ4v) is 1.38. The van der Waals surface area contributed by atoms with Gasteiger partial charge in [0.1, 0.15) is 6.04 Å². The van der Waals surface area contributed by atoms with Crippen molar-refractivity contribution in [2.45, 2.75) is 12.5 Å². The molecule has 4 N–H and O–H groups in total. The van der Waals surface area contributed by atoms with E-state index in [-0.39, 0.29) is 6.42 Å². The lowest BCUT2D eigenvalue weighted by Gasteiger charge is -2.12. The van der Waals surface area contributed by atoms with Gasteiger partial charge in [0, 0.05) is 5.69 Å². The van der Waals surface area contributed by atoms with E-state index in [9.17, 15) is 14.4 Å². The first-order valence-corrected chi connectivity index (χ1v) is 5.52. The van der Waals surface area contributed by atoms with Crippen LogP contribution >= 0.6 is 0 Å². The molecule has 0 aromatic heterocycles. The molecule has 0 radical (unpaired) electrons. The third-order valence-electron chi connectivity index (χ3n) is 2.24. The molecule has 1 atom stereocenters. The van der Waals surface area contributed by atoms with Crippen LogP contribution in [-0.2, 0) is 14.4 Å². The zero-order valence-corrected chi connectivity index (χ0v) is 10.00. The minimum Gasteiger partial charge on any atom is -0.480 e. The van der Waals surface area contributed by atoms with Gasteiger partial charge in [-0.1, -0.05) is 18.2 Å². The monoisotopic (exact) mass is 266 g/mol. The zero-order valence-electron chi connectivity index (χ0n) is 10.00. The Morgan fingerprint density at radius 1 is 1.11 bits per heavy atom. The second-order valence-corrected chi connectivity index (χ2v) is 3.78. The van der Waals surface area contributed by atoms with Gasteiger partial charge in [-0.3, -0.25) is 19.7 Å². The minimum atomic E-state index is -1.27. The first-order valence-electron chi connectivity index (χ1n) is 5.52. The number of rotatable bonds is 7. The van der Waals surface area contributed by atoms with Gasteiger partial charge in [0.2, 0.25) is 5.91 Å². The summed E-state index contributed by atoms with van der Waals surface area (Å²) in [5.74, 6) is -2.96. The molecule has 0 spiro atoms. The number of nitrogens with one attached hydrogen (secondary N) is 2. The molecular weight excluding hydrogens is 252 g/mol. The molecule has 0 aliphatic heterocycles. The highest BCUT2D eigenvalue weighted by molar-refractivity contribution is 5.94. The van der Waals surface area contributed by atoms with E-state index in [2.05, 4.69) is 10.6 Å². The van der Waals surface area contributed by atoms with Crippen LogP contribution in [-0.4, -0.2) is 40.6 Å². The van der Waals surface area contributed by atoms with Gasteiger partial charge in [0.05, 0.1) is 13.0 Å². The summed E-state index contributed by atoms with van der Waals surface area (Å²) < 4.78 is 0. The molecule has 0 heterocycles. The average molecular weight is 266 g/mol. The number of aliphatic carboxylic acids is 2. The Morgan fingerprint density at radius 2 is 1.74 bits per heavy atom. The summed E-state index contributed by atoms with van der Waals surface area (Å²) in [6.45, 7) is -0.518. The Labute approximate surface area is 109 Å². The summed E-state index contributed by atoms with van der Waals surface area (Å²) >= 11 is 0. The largest absolute Gasteiger partial charge is 0.480 e. The summed E-state index contributed by atoms with van der Waals surface area (Å²) in [7, 11) is 0. The Kier molecular flexibility index (Phi) is 5.49. The number of benzene rings is 1. The number of amides is 1. The molecule has 19 heavy (non-hydrogen) atoms. The van der Waals surface area contributed by atoms with Crippen molar-refractivity contribution in [1.82, 2.24) is 5.32 Å². The van der Waals surface area contributed by atoms with E-state index in [4.69, 9.17) is 10.2 Å². The smallest absolute Gasteiger partial charge is 0.321 e. The molecule has 1 unspecified atom stereocenters. The van der Waals surface area contributed by atoms with Crippen LogP contribution in [0.25, 0.3) is 0 Å². The van der Waals surface area contributed by atoms with Crippen molar-refractivity contribution in [3.8, 4) is 0 Å². The molecule has 0 fully saturated rings. The maximum atomic E-state index is 11.6. The van der Waals surface area contributed by atoms with Gasteiger partial charge in [-0.15, -0.1) is 0 Å². The summed E-state index contributed by atoms with van der Waals surface area (Å²) in [6.07, 6.45) is -0.350. The SMILES string of the molecule is O=C(O)CNC(CC(=O)Nc1ccccc1)C(=O)O. The molecule has 1 aromatic carbocycles. The van der Waals surface area contributed by atoms with Crippen molar-refractivity contribution >= 4 is 23.5 Å². The summed E-state index contributed by atoms with van der Waals surface area (Å²) in [6, 6.07) is 7.33. The first-order chi connectivity index (χ1) is 8.99. The Hall–Kier alpha value is -2.41. The predicted molar refractivity (Wildman–Crippen MR) is 66.8 cm³/mol. The molecule has 0 aliphatic rings. The quantitative estimate of drug-likeness (QED) is 0.558. The van der Waals surface area contributed by atoms with Gasteiger partial charge >= 0.3 is 11.9 Å². The molecule has 1 rings (SSSR count). The van der Waals surface area contributed by atoms with Crippen molar-refractivity contribution in [1.29, 1.82) is 0 Å². The van der Waals surface area contributed by atoms with Gasteiger partial charge in [-0.25, -0.2) is 0 Å². The Morgan fingerprint density at radius 3 is 2.26 bits per heavy atom. The highest BCUT2D eigenvalue weighted by Gasteiger charge is 2.21. The van der Waals surface area contributed by atoms with Gasteiger partial charge in [-0.05, 0) is 12.1 Å². The zero-order chi connectivity index (χ0) is 14.3. The first kappa shape index (κ1) is 14.7. The van der Waals surface area contributed by atoms with Crippen LogP contribution in [0.4, 0.5) is 5.69 Å². The standard InChI is InChI=1S/C12H14N2O5/c15-10(14-8-4-2-1-3-5-8)6-9(12(18)19)13-7-11(16)17/h1-5,9,13H,6-7H2,(H,14,15)(H,16,17)(H,18,19). The summed E-state index contributed by atoms with van der Waals surface area (Å²) in [5.41, 5.74) is 0.551. The number of carbonyl (C=O) groups is 3. The summed E-state index contributed by atoms with van der Waals surface area (Å²) in [4.78, 5) is 32.8. The molecule has 7 nitrogen and oxygen atoms in total. The van der Waals surface area contributed by atoms with Crippen LogP contribution < -0.4 is 10.6 Å². The van der Waals surface area contributed by atoms with Crippen LogP contribution in [0, 0.1) is 0 Å². The fourth-order valence-electron chi connectivity index (χ4n) is 1.38. The van der Waals surface area contributed by atoms with E-state index >= 15 is 0 Å². The van der Waals surface area contributed by atoms with Gasteiger partial charge in [0.15, 0.2) is 0 Å². The lowest BCUT2D eigenvalue weighted by atomic mass is 10.2. The summed E-state index contributed by atoms with van der Waals surface area (Å²) in [5, 5.41) is 22.1. The number of para-hydroxylation sites is 1. The second kappa shape index (κ2) is 7.12. The molecule has 102 valence electrons.